The van der Waals surface area contributed by atoms with E-state index in [-0.39, 0.29) is 5.92 Å². The highest BCUT2D eigenvalue weighted by Gasteiger charge is 2.30. The minimum absolute atomic E-state index is 0.0289. The standard InChI is InChI=1S/C20H29Cl2NO5/c1-11(2)17(13(4)26-16-9-8-14(21)10-15(16)22)27-18(24)12(3)23-19(25)28-20(5,6)7/h8-13,17H,1-7H3,(H,23,25)/t12-,13-,17?/m0/s1. The second-order valence-corrected chi connectivity index (χ2v) is 8.75. The summed E-state index contributed by atoms with van der Waals surface area (Å²) < 4.78 is 16.6. The van der Waals surface area contributed by atoms with Crippen molar-refractivity contribution >= 4 is 35.3 Å². The number of benzene rings is 1. The average molecular weight is 434 g/mol. The normalized spacial score (nSPS) is 14.8. The molecule has 3 atom stereocenters. The summed E-state index contributed by atoms with van der Waals surface area (Å²) in [4.78, 5) is 24.3. The molecule has 0 aliphatic rings. The van der Waals surface area contributed by atoms with Crippen molar-refractivity contribution in [2.24, 2.45) is 5.92 Å². The minimum atomic E-state index is -0.873. The molecular formula is C20H29Cl2NO5. The van der Waals surface area contributed by atoms with Crippen LogP contribution in [0, 0.1) is 5.92 Å². The van der Waals surface area contributed by atoms with Crippen molar-refractivity contribution in [3.63, 3.8) is 0 Å². The number of nitrogens with one attached hydrogen (secondary N) is 1. The molecule has 8 heteroatoms. The number of alkyl carbamates (subject to hydrolysis) is 1. The Kier molecular flexibility index (Phi) is 8.89. The Bertz CT molecular complexity index is 688. The molecule has 1 aromatic rings. The van der Waals surface area contributed by atoms with Gasteiger partial charge in [0.2, 0.25) is 0 Å². The first kappa shape index (κ1) is 24.4. The summed E-state index contributed by atoms with van der Waals surface area (Å²) in [7, 11) is 0. The van der Waals surface area contributed by atoms with E-state index in [1.54, 1.807) is 45.9 Å². The Labute approximate surface area is 176 Å². The van der Waals surface area contributed by atoms with Crippen LogP contribution in [0.3, 0.4) is 0 Å². The van der Waals surface area contributed by atoms with E-state index in [4.69, 9.17) is 37.4 Å². The van der Waals surface area contributed by atoms with Crippen LogP contribution in [0.25, 0.3) is 0 Å². The zero-order valence-corrected chi connectivity index (χ0v) is 18.9. The lowest BCUT2D eigenvalue weighted by Crippen LogP contribution is -2.46. The Morgan fingerprint density at radius 1 is 1.07 bits per heavy atom. The van der Waals surface area contributed by atoms with Gasteiger partial charge in [-0.3, -0.25) is 0 Å². The molecule has 1 rings (SSSR count). The summed E-state index contributed by atoms with van der Waals surface area (Å²) in [5.74, 6) is -0.166. The maximum Gasteiger partial charge on any atom is 0.408 e. The molecule has 0 fully saturated rings. The SMILES string of the molecule is CC(C)C(OC(=O)[C@H](C)NC(=O)OC(C)(C)C)[C@H](C)Oc1ccc(Cl)cc1Cl. The van der Waals surface area contributed by atoms with Crippen LogP contribution in [0.1, 0.15) is 48.5 Å². The predicted molar refractivity (Wildman–Crippen MR) is 110 cm³/mol. The number of carbonyl (C=O) groups is 2. The largest absolute Gasteiger partial charge is 0.485 e. The summed E-state index contributed by atoms with van der Waals surface area (Å²) in [6, 6.07) is 4.03. The predicted octanol–water partition coefficient (Wildman–Crippen LogP) is 5.24. The summed E-state index contributed by atoms with van der Waals surface area (Å²) in [6.45, 7) is 12.4. The van der Waals surface area contributed by atoms with E-state index in [9.17, 15) is 9.59 Å². The van der Waals surface area contributed by atoms with Crippen molar-refractivity contribution in [2.75, 3.05) is 0 Å². The van der Waals surface area contributed by atoms with Crippen LogP contribution in [0.4, 0.5) is 4.79 Å². The Morgan fingerprint density at radius 2 is 1.68 bits per heavy atom. The number of halogens is 2. The zero-order chi connectivity index (χ0) is 21.6. The molecule has 0 aliphatic heterocycles. The van der Waals surface area contributed by atoms with Crippen LogP contribution in [-0.2, 0) is 14.3 Å². The third kappa shape index (κ3) is 8.15. The second kappa shape index (κ2) is 10.2. The van der Waals surface area contributed by atoms with Gasteiger partial charge in [0.25, 0.3) is 0 Å². The van der Waals surface area contributed by atoms with Gasteiger partial charge in [0, 0.05) is 5.02 Å². The van der Waals surface area contributed by atoms with Crippen LogP contribution in [0.15, 0.2) is 18.2 Å². The number of amides is 1. The molecule has 0 aliphatic carbocycles. The fraction of sp³-hybridized carbons (Fsp3) is 0.600. The highest BCUT2D eigenvalue weighted by atomic mass is 35.5. The lowest BCUT2D eigenvalue weighted by molar-refractivity contribution is -0.158. The van der Waals surface area contributed by atoms with Gasteiger partial charge in [0.15, 0.2) is 0 Å². The third-order valence-electron chi connectivity index (χ3n) is 3.67. The third-order valence-corrected chi connectivity index (χ3v) is 4.20. The van der Waals surface area contributed by atoms with Crippen molar-refractivity contribution in [3.8, 4) is 5.75 Å². The molecule has 0 aromatic heterocycles. The molecule has 0 saturated heterocycles. The average Bonchev–Trinajstić information content (AvgIpc) is 2.52. The molecule has 158 valence electrons. The van der Waals surface area contributed by atoms with Gasteiger partial charge < -0.3 is 19.5 Å². The lowest BCUT2D eigenvalue weighted by atomic mass is 10.0. The number of esters is 1. The van der Waals surface area contributed by atoms with Gasteiger partial charge in [0.05, 0.1) is 5.02 Å². The molecule has 0 radical (unpaired) electrons. The Morgan fingerprint density at radius 3 is 2.18 bits per heavy atom. The molecule has 1 N–H and O–H groups in total. The number of rotatable bonds is 7. The molecule has 0 spiro atoms. The van der Waals surface area contributed by atoms with E-state index in [1.807, 2.05) is 13.8 Å². The van der Waals surface area contributed by atoms with E-state index in [1.165, 1.54) is 6.92 Å². The first-order valence-electron chi connectivity index (χ1n) is 9.12. The van der Waals surface area contributed by atoms with Crippen LogP contribution < -0.4 is 10.1 Å². The van der Waals surface area contributed by atoms with Crippen molar-refractivity contribution < 1.29 is 23.8 Å². The maximum atomic E-state index is 12.4. The molecule has 1 aromatic carbocycles. The van der Waals surface area contributed by atoms with E-state index in [0.29, 0.717) is 15.8 Å². The van der Waals surface area contributed by atoms with E-state index in [2.05, 4.69) is 5.32 Å². The number of carbonyl (C=O) groups excluding carboxylic acids is 2. The number of hydrogen-bond acceptors (Lipinski definition) is 5. The van der Waals surface area contributed by atoms with Gasteiger partial charge >= 0.3 is 12.1 Å². The number of ether oxygens (including phenoxy) is 3. The topological polar surface area (TPSA) is 73.9 Å². The molecule has 1 unspecified atom stereocenters. The minimum Gasteiger partial charge on any atom is -0.485 e. The van der Waals surface area contributed by atoms with Crippen molar-refractivity contribution in [1.29, 1.82) is 0 Å². The van der Waals surface area contributed by atoms with Crippen molar-refractivity contribution in [1.82, 2.24) is 5.32 Å². The first-order chi connectivity index (χ1) is 12.8. The van der Waals surface area contributed by atoms with Crippen LogP contribution in [-0.4, -0.2) is 35.9 Å². The van der Waals surface area contributed by atoms with E-state index in [0.717, 1.165) is 0 Å². The van der Waals surface area contributed by atoms with Crippen LogP contribution in [0.5, 0.6) is 5.75 Å². The maximum absolute atomic E-state index is 12.4. The monoisotopic (exact) mass is 433 g/mol. The first-order valence-corrected chi connectivity index (χ1v) is 9.87. The fourth-order valence-electron chi connectivity index (χ4n) is 2.39. The highest BCUT2D eigenvalue weighted by molar-refractivity contribution is 6.35. The van der Waals surface area contributed by atoms with Gasteiger partial charge in [-0.2, -0.15) is 0 Å². The molecular weight excluding hydrogens is 405 g/mol. The molecule has 6 nitrogen and oxygen atoms in total. The van der Waals surface area contributed by atoms with Gasteiger partial charge in [-0.05, 0) is 58.7 Å². The smallest absolute Gasteiger partial charge is 0.408 e. The number of hydrogen-bond donors (Lipinski definition) is 1. The van der Waals surface area contributed by atoms with Gasteiger partial charge in [-0.1, -0.05) is 37.0 Å². The summed E-state index contributed by atoms with van der Waals surface area (Å²) >= 11 is 12.0. The summed E-state index contributed by atoms with van der Waals surface area (Å²) in [6.07, 6.45) is -1.71. The summed E-state index contributed by atoms with van der Waals surface area (Å²) in [5, 5.41) is 3.34. The van der Waals surface area contributed by atoms with Crippen molar-refractivity contribution in [3.05, 3.63) is 28.2 Å². The molecule has 0 saturated carbocycles. The van der Waals surface area contributed by atoms with E-state index >= 15 is 0 Å². The molecule has 0 bridgehead atoms. The lowest BCUT2D eigenvalue weighted by Gasteiger charge is -2.29. The van der Waals surface area contributed by atoms with Gasteiger partial charge in [0.1, 0.15) is 29.6 Å². The van der Waals surface area contributed by atoms with Crippen LogP contribution in [0.2, 0.25) is 10.0 Å². The Hall–Kier alpha value is -1.66. The van der Waals surface area contributed by atoms with Gasteiger partial charge in [-0.15, -0.1) is 0 Å². The molecule has 0 heterocycles. The second-order valence-electron chi connectivity index (χ2n) is 7.91. The Balaban J connectivity index is 2.74. The molecule has 28 heavy (non-hydrogen) atoms. The fourth-order valence-corrected chi connectivity index (χ4v) is 2.84. The highest BCUT2D eigenvalue weighted by Crippen LogP contribution is 2.29. The molecule has 1 amide bonds. The zero-order valence-electron chi connectivity index (χ0n) is 17.3. The van der Waals surface area contributed by atoms with E-state index < -0.39 is 35.9 Å². The quantitative estimate of drug-likeness (QED) is 0.594. The van der Waals surface area contributed by atoms with Crippen molar-refractivity contribution in [2.45, 2.75) is 72.3 Å². The summed E-state index contributed by atoms with van der Waals surface area (Å²) in [5.41, 5.74) is -0.658. The van der Waals surface area contributed by atoms with Crippen LogP contribution >= 0.6 is 23.2 Å². The van der Waals surface area contributed by atoms with Gasteiger partial charge in [-0.25, -0.2) is 9.59 Å².